The number of carbonyl (C=O) groups is 1. The summed E-state index contributed by atoms with van der Waals surface area (Å²) in [6.07, 6.45) is 0. The number of ether oxygens (including phenoxy) is 1. The van der Waals surface area contributed by atoms with E-state index in [1.807, 2.05) is 13.1 Å². The van der Waals surface area contributed by atoms with Crippen molar-refractivity contribution in [1.82, 2.24) is 9.21 Å². The minimum absolute atomic E-state index is 0.194. The van der Waals surface area contributed by atoms with Gasteiger partial charge >= 0.3 is 0 Å². The number of sulfonamides is 1. The first-order valence-corrected chi connectivity index (χ1v) is 10.5. The summed E-state index contributed by atoms with van der Waals surface area (Å²) in [7, 11) is -1.58. The molecule has 3 rings (SSSR count). The van der Waals surface area contributed by atoms with Crippen LogP contribution in [0.15, 0.2) is 53.4 Å². The number of para-hydroxylation sites is 1. The number of piperazine rings is 1. The Morgan fingerprint density at radius 2 is 1.76 bits per heavy atom. The summed E-state index contributed by atoms with van der Waals surface area (Å²) >= 11 is 0. The Morgan fingerprint density at radius 1 is 1.10 bits per heavy atom. The summed E-state index contributed by atoms with van der Waals surface area (Å²) in [5, 5.41) is 11.7. The molecule has 2 aromatic rings. The number of nitrogens with one attached hydrogen (secondary N) is 1. The third kappa shape index (κ3) is 5.12. The van der Waals surface area contributed by atoms with Crippen LogP contribution in [0.5, 0.6) is 5.75 Å². The molecule has 1 N–H and O–H groups in total. The lowest BCUT2D eigenvalue weighted by molar-refractivity contribution is -0.118. The summed E-state index contributed by atoms with van der Waals surface area (Å²) in [6.45, 7) is 2.04. The van der Waals surface area contributed by atoms with E-state index in [0.717, 1.165) is 0 Å². The molecule has 0 bridgehead atoms. The lowest BCUT2D eigenvalue weighted by atomic mass is 10.2. The average Bonchev–Trinajstić information content (AvgIpc) is 2.73. The molecular formula is C20H22N4O4S. The van der Waals surface area contributed by atoms with Crippen molar-refractivity contribution in [2.45, 2.75) is 4.90 Å². The molecule has 1 aliphatic heterocycles. The van der Waals surface area contributed by atoms with Gasteiger partial charge < -0.3 is 15.0 Å². The van der Waals surface area contributed by atoms with Gasteiger partial charge in [0.2, 0.25) is 10.0 Å². The van der Waals surface area contributed by atoms with Gasteiger partial charge in [0.05, 0.1) is 10.5 Å². The Bertz CT molecular complexity index is 1010. The maximum absolute atomic E-state index is 12.7. The van der Waals surface area contributed by atoms with E-state index in [4.69, 9.17) is 10.00 Å². The topological polar surface area (TPSA) is 103 Å². The van der Waals surface area contributed by atoms with E-state index in [0.29, 0.717) is 43.2 Å². The van der Waals surface area contributed by atoms with Gasteiger partial charge in [-0.25, -0.2) is 8.42 Å². The molecule has 0 spiro atoms. The van der Waals surface area contributed by atoms with Crippen LogP contribution in [0.2, 0.25) is 0 Å². The fraction of sp³-hybridized carbons (Fsp3) is 0.300. The number of nitriles is 1. The zero-order chi connectivity index (χ0) is 20.9. The predicted molar refractivity (Wildman–Crippen MR) is 108 cm³/mol. The summed E-state index contributed by atoms with van der Waals surface area (Å²) in [6, 6.07) is 14.7. The number of hydrogen-bond donors (Lipinski definition) is 1. The smallest absolute Gasteiger partial charge is 0.262 e. The van der Waals surface area contributed by atoms with Crippen LogP contribution in [-0.2, 0) is 14.8 Å². The van der Waals surface area contributed by atoms with Crippen LogP contribution < -0.4 is 10.1 Å². The molecule has 0 radical (unpaired) electrons. The Balaban J connectivity index is 1.59. The van der Waals surface area contributed by atoms with Crippen molar-refractivity contribution < 1.29 is 17.9 Å². The molecule has 0 unspecified atom stereocenters. The second-order valence-electron chi connectivity index (χ2n) is 6.68. The van der Waals surface area contributed by atoms with Crippen molar-refractivity contribution in [3.05, 3.63) is 54.1 Å². The largest absolute Gasteiger partial charge is 0.482 e. The van der Waals surface area contributed by atoms with Crippen molar-refractivity contribution in [3.63, 3.8) is 0 Å². The Kier molecular flexibility index (Phi) is 6.49. The lowest BCUT2D eigenvalue weighted by Gasteiger charge is -2.31. The van der Waals surface area contributed by atoms with Crippen LogP contribution in [0.25, 0.3) is 0 Å². The van der Waals surface area contributed by atoms with E-state index in [9.17, 15) is 13.2 Å². The second-order valence-corrected chi connectivity index (χ2v) is 8.61. The number of benzene rings is 2. The van der Waals surface area contributed by atoms with Crippen LogP contribution in [0, 0.1) is 11.3 Å². The SMILES string of the molecule is CN1CCN(S(=O)(=O)c2ccc(NC(=O)COc3ccccc3C#N)cc2)CC1. The van der Waals surface area contributed by atoms with Gasteiger partial charge in [-0.05, 0) is 43.4 Å². The van der Waals surface area contributed by atoms with Crippen molar-refractivity contribution in [1.29, 1.82) is 5.26 Å². The van der Waals surface area contributed by atoms with Gasteiger partial charge in [0.15, 0.2) is 6.61 Å². The van der Waals surface area contributed by atoms with Crippen LogP contribution >= 0.6 is 0 Å². The molecule has 1 aliphatic rings. The highest BCUT2D eigenvalue weighted by molar-refractivity contribution is 7.89. The summed E-state index contributed by atoms with van der Waals surface area (Å²) in [5.74, 6) is -0.0776. The maximum atomic E-state index is 12.7. The first-order chi connectivity index (χ1) is 13.9. The maximum Gasteiger partial charge on any atom is 0.262 e. The van der Waals surface area contributed by atoms with Gasteiger partial charge in [0.25, 0.3) is 5.91 Å². The van der Waals surface area contributed by atoms with E-state index < -0.39 is 15.9 Å². The molecule has 29 heavy (non-hydrogen) atoms. The van der Waals surface area contributed by atoms with Crippen molar-refractivity contribution in [2.75, 3.05) is 45.2 Å². The average molecular weight is 414 g/mol. The summed E-state index contributed by atoms with van der Waals surface area (Å²) < 4.78 is 32.3. The Labute approximate surface area is 170 Å². The molecule has 0 aromatic heterocycles. The van der Waals surface area contributed by atoms with Crippen molar-refractivity contribution in [2.24, 2.45) is 0 Å². The first-order valence-electron chi connectivity index (χ1n) is 9.10. The number of carbonyl (C=O) groups excluding carboxylic acids is 1. The Hall–Kier alpha value is -2.93. The standard InChI is InChI=1S/C20H22N4O4S/c1-23-10-12-24(13-11-23)29(26,27)18-8-6-17(7-9-18)22-20(25)15-28-19-5-3-2-4-16(19)14-21/h2-9H,10-13,15H2,1H3,(H,22,25). The fourth-order valence-electron chi connectivity index (χ4n) is 2.91. The van der Waals surface area contributed by atoms with Gasteiger partial charge in [-0.15, -0.1) is 0 Å². The normalized spacial score (nSPS) is 15.4. The molecule has 1 heterocycles. The second kappa shape index (κ2) is 9.05. The molecule has 2 aromatic carbocycles. The minimum atomic E-state index is -3.55. The van der Waals surface area contributed by atoms with E-state index in [-0.39, 0.29) is 11.5 Å². The minimum Gasteiger partial charge on any atom is -0.482 e. The molecule has 0 aliphatic carbocycles. The Morgan fingerprint density at radius 3 is 2.41 bits per heavy atom. The van der Waals surface area contributed by atoms with Gasteiger partial charge in [-0.2, -0.15) is 9.57 Å². The molecule has 1 amide bonds. The van der Waals surface area contributed by atoms with Crippen LogP contribution in [-0.4, -0.2) is 63.4 Å². The van der Waals surface area contributed by atoms with E-state index in [1.54, 1.807) is 36.4 Å². The van der Waals surface area contributed by atoms with E-state index in [1.165, 1.54) is 16.4 Å². The van der Waals surface area contributed by atoms with Gasteiger partial charge in [-0.1, -0.05) is 12.1 Å². The zero-order valence-electron chi connectivity index (χ0n) is 16.0. The highest BCUT2D eigenvalue weighted by atomic mass is 32.2. The number of nitrogens with zero attached hydrogens (tertiary/aromatic N) is 3. The third-order valence-electron chi connectivity index (χ3n) is 4.60. The summed E-state index contributed by atoms with van der Waals surface area (Å²) in [4.78, 5) is 14.4. The van der Waals surface area contributed by atoms with Crippen LogP contribution in [0.3, 0.4) is 0 Å². The molecule has 1 fully saturated rings. The molecule has 9 heteroatoms. The molecule has 0 atom stereocenters. The van der Waals surface area contributed by atoms with Gasteiger partial charge in [-0.3, -0.25) is 4.79 Å². The molecular weight excluding hydrogens is 392 g/mol. The zero-order valence-corrected chi connectivity index (χ0v) is 16.9. The predicted octanol–water partition coefficient (Wildman–Crippen LogP) is 1.51. The van der Waals surface area contributed by atoms with Gasteiger partial charge in [0, 0.05) is 31.9 Å². The third-order valence-corrected chi connectivity index (χ3v) is 6.52. The molecule has 8 nitrogen and oxygen atoms in total. The summed E-state index contributed by atoms with van der Waals surface area (Å²) in [5.41, 5.74) is 0.809. The number of anilines is 1. The number of hydrogen-bond acceptors (Lipinski definition) is 6. The lowest BCUT2D eigenvalue weighted by Crippen LogP contribution is -2.46. The molecule has 152 valence electrons. The van der Waals surface area contributed by atoms with Crippen LogP contribution in [0.1, 0.15) is 5.56 Å². The van der Waals surface area contributed by atoms with E-state index in [2.05, 4.69) is 10.2 Å². The van der Waals surface area contributed by atoms with Crippen LogP contribution in [0.4, 0.5) is 5.69 Å². The number of amides is 1. The number of likely N-dealkylation sites (N-methyl/N-ethyl adjacent to an activating group) is 1. The molecule has 1 saturated heterocycles. The van der Waals surface area contributed by atoms with Crippen molar-refractivity contribution >= 4 is 21.6 Å². The fourth-order valence-corrected chi connectivity index (χ4v) is 4.34. The van der Waals surface area contributed by atoms with E-state index >= 15 is 0 Å². The molecule has 0 saturated carbocycles. The monoisotopic (exact) mass is 414 g/mol. The highest BCUT2D eigenvalue weighted by Crippen LogP contribution is 2.20. The first kappa shape index (κ1) is 20.8. The quantitative estimate of drug-likeness (QED) is 0.769. The van der Waals surface area contributed by atoms with Gasteiger partial charge in [0.1, 0.15) is 11.8 Å². The highest BCUT2D eigenvalue weighted by Gasteiger charge is 2.27. The number of rotatable bonds is 6. The van der Waals surface area contributed by atoms with Crippen molar-refractivity contribution in [3.8, 4) is 11.8 Å².